The van der Waals surface area contributed by atoms with Crippen molar-refractivity contribution >= 4 is 10.9 Å². The van der Waals surface area contributed by atoms with Crippen molar-refractivity contribution in [3.05, 3.63) is 60.2 Å². The predicted molar refractivity (Wildman–Crippen MR) is 63.0 cm³/mol. The average Bonchev–Trinajstić information content (AvgIpc) is 2.98. The number of hydrogen-bond donors (Lipinski definition) is 2. The summed E-state index contributed by atoms with van der Waals surface area (Å²) in [5.41, 5.74) is 8.31. The molecule has 3 nitrogen and oxygen atoms in total. The molecule has 3 N–H and O–H groups in total. The minimum absolute atomic E-state index is 0.217. The van der Waals surface area contributed by atoms with Gasteiger partial charge in [0.1, 0.15) is 5.76 Å². The molecule has 0 saturated carbocycles. The summed E-state index contributed by atoms with van der Waals surface area (Å²) in [6, 6.07) is 11.6. The molecule has 1 atom stereocenters. The highest BCUT2D eigenvalue weighted by molar-refractivity contribution is 5.83. The zero-order chi connectivity index (χ0) is 11.0. The van der Waals surface area contributed by atoms with Gasteiger partial charge in [-0.05, 0) is 18.2 Å². The standard InChI is InChI=1S/C13H12N2O/c14-13(12-6-3-7-16-12)10-8-15-11-5-2-1-4-9(10)11/h1-8,13,15H,14H2. The Morgan fingerprint density at radius 3 is 2.81 bits per heavy atom. The molecule has 0 aliphatic heterocycles. The first-order valence-corrected chi connectivity index (χ1v) is 5.21. The molecule has 16 heavy (non-hydrogen) atoms. The molecule has 0 saturated heterocycles. The Morgan fingerprint density at radius 1 is 1.12 bits per heavy atom. The smallest absolute Gasteiger partial charge is 0.125 e. The van der Waals surface area contributed by atoms with Crippen LogP contribution in [0.2, 0.25) is 0 Å². The van der Waals surface area contributed by atoms with Crippen molar-refractivity contribution in [1.82, 2.24) is 4.98 Å². The molecule has 1 unspecified atom stereocenters. The molecule has 0 bridgehead atoms. The zero-order valence-corrected chi connectivity index (χ0v) is 8.68. The second-order valence-electron chi connectivity index (χ2n) is 3.78. The molecule has 2 aromatic heterocycles. The fourth-order valence-corrected chi connectivity index (χ4v) is 1.97. The summed E-state index contributed by atoms with van der Waals surface area (Å²) in [6.07, 6.45) is 3.59. The fourth-order valence-electron chi connectivity index (χ4n) is 1.97. The van der Waals surface area contributed by atoms with Gasteiger partial charge in [-0.2, -0.15) is 0 Å². The zero-order valence-electron chi connectivity index (χ0n) is 8.68. The normalized spacial score (nSPS) is 13.1. The van der Waals surface area contributed by atoms with E-state index in [4.69, 9.17) is 10.2 Å². The lowest BCUT2D eigenvalue weighted by atomic mass is 10.0. The lowest BCUT2D eigenvalue weighted by Crippen LogP contribution is -2.10. The van der Waals surface area contributed by atoms with Crippen LogP contribution in [0.5, 0.6) is 0 Å². The summed E-state index contributed by atoms with van der Waals surface area (Å²) in [5, 5.41) is 1.14. The highest BCUT2D eigenvalue weighted by Crippen LogP contribution is 2.27. The largest absolute Gasteiger partial charge is 0.467 e. The fraction of sp³-hybridized carbons (Fsp3) is 0.0769. The molecule has 0 aliphatic rings. The van der Waals surface area contributed by atoms with Gasteiger partial charge in [-0.15, -0.1) is 0 Å². The molecule has 0 aliphatic carbocycles. The number of aromatic amines is 1. The number of rotatable bonds is 2. The second kappa shape index (κ2) is 3.54. The van der Waals surface area contributed by atoms with Gasteiger partial charge in [0, 0.05) is 22.7 Å². The Morgan fingerprint density at radius 2 is 2.00 bits per heavy atom. The lowest BCUT2D eigenvalue weighted by Gasteiger charge is -2.06. The van der Waals surface area contributed by atoms with Gasteiger partial charge >= 0.3 is 0 Å². The van der Waals surface area contributed by atoms with Gasteiger partial charge < -0.3 is 15.1 Å². The number of nitrogens with one attached hydrogen (secondary N) is 1. The number of furan rings is 1. The highest BCUT2D eigenvalue weighted by Gasteiger charge is 2.15. The number of nitrogens with two attached hydrogens (primary N) is 1. The monoisotopic (exact) mass is 212 g/mol. The Balaban J connectivity index is 2.12. The quantitative estimate of drug-likeness (QED) is 0.686. The van der Waals surface area contributed by atoms with Gasteiger partial charge in [-0.1, -0.05) is 18.2 Å². The van der Waals surface area contributed by atoms with Crippen LogP contribution in [0.4, 0.5) is 0 Å². The van der Waals surface area contributed by atoms with Gasteiger partial charge in [0.15, 0.2) is 0 Å². The maximum Gasteiger partial charge on any atom is 0.125 e. The molecule has 0 spiro atoms. The summed E-state index contributed by atoms with van der Waals surface area (Å²) in [7, 11) is 0. The van der Waals surface area contributed by atoms with Gasteiger partial charge in [0.25, 0.3) is 0 Å². The van der Waals surface area contributed by atoms with Crippen molar-refractivity contribution in [2.45, 2.75) is 6.04 Å². The van der Waals surface area contributed by atoms with Crippen LogP contribution in [-0.4, -0.2) is 4.98 Å². The molecule has 3 rings (SSSR count). The van der Waals surface area contributed by atoms with Crippen LogP contribution >= 0.6 is 0 Å². The van der Waals surface area contributed by atoms with E-state index in [1.165, 1.54) is 0 Å². The maximum atomic E-state index is 6.16. The third kappa shape index (κ3) is 1.33. The van der Waals surface area contributed by atoms with E-state index in [-0.39, 0.29) is 6.04 Å². The van der Waals surface area contributed by atoms with Gasteiger partial charge in [0.05, 0.1) is 12.3 Å². The number of para-hydroxylation sites is 1. The molecule has 0 fully saturated rings. The summed E-state index contributed by atoms with van der Waals surface area (Å²) in [5.74, 6) is 0.782. The van der Waals surface area contributed by atoms with Crippen molar-refractivity contribution in [3.63, 3.8) is 0 Å². The Kier molecular flexibility index (Phi) is 2.04. The van der Waals surface area contributed by atoms with Crippen molar-refractivity contribution in [1.29, 1.82) is 0 Å². The van der Waals surface area contributed by atoms with Crippen LogP contribution in [0.25, 0.3) is 10.9 Å². The summed E-state index contributed by atoms with van der Waals surface area (Å²) >= 11 is 0. The summed E-state index contributed by atoms with van der Waals surface area (Å²) in [4.78, 5) is 3.21. The van der Waals surface area contributed by atoms with Gasteiger partial charge in [-0.25, -0.2) is 0 Å². The molecular formula is C13H12N2O. The Labute approximate surface area is 92.9 Å². The van der Waals surface area contributed by atoms with Gasteiger partial charge in [0.2, 0.25) is 0 Å². The van der Waals surface area contributed by atoms with E-state index < -0.39 is 0 Å². The molecule has 3 aromatic rings. The second-order valence-corrected chi connectivity index (χ2v) is 3.78. The van der Waals surface area contributed by atoms with E-state index in [0.29, 0.717) is 0 Å². The van der Waals surface area contributed by atoms with E-state index in [0.717, 1.165) is 22.2 Å². The van der Waals surface area contributed by atoms with Crippen LogP contribution in [0.1, 0.15) is 17.4 Å². The van der Waals surface area contributed by atoms with Crippen LogP contribution in [0, 0.1) is 0 Å². The topological polar surface area (TPSA) is 54.9 Å². The first-order chi connectivity index (χ1) is 7.86. The molecule has 3 heteroatoms. The third-order valence-corrected chi connectivity index (χ3v) is 2.81. The molecule has 1 aromatic carbocycles. The van der Waals surface area contributed by atoms with Crippen molar-refractivity contribution in [2.75, 3.05) is 0 Å². The first kappa shape index (κ1) is 9.24. The Bertz CT molecular complexity index is 595. The Hall–Kier alpha value is -2.00. The van der Waals surface area contributed by atoms with E-state index in [1.807, 2.05) is 36.5 Å². The van der Waals surface area contributed by atoms with Crippen molar-refractivity contribution in [3.8, 4) is 0 Å². The number of hydrogen-bond acceptors (Lipinski definition) is 2. The van der Waals surface area contributed by atoms with E-state index in [1.54, 1.807) is 6.26 Å². The van der Waals surface area contributed by atoms with E-state index in [2.05, 4.69) is 11.1 Å². The van der Waals surface area contributed by atoms with Crippen LogP contribution < -0.4 is 5.73 Å². The van der Waals surface area contributed by atoms with Crippen molar-refractivity contribution < 1.29 is 4.42 Å². The molecule has 0 radical (unpaired) electrons. The minimum Gasteiger partial charge on any atom is -0.467 e. The molecule has 2 heterocycles. The number of benzene rings is 1. The molecular weight excluding hydrogens is 200 g/mol. The van der Waals surface area contributed by atoms with Crippen molar-refractivity contribution in [2.24, 2.45) is 5.73 Å². The summed E-state index contributed by atoms with van der Waals surface area (Å²) < 4.78 is 5.33. The number of fused-ring (bicyclic) bond motifs is 1. The maximum absolute atomic E-state index is 6.16. The predicted octanol–water partition coefficient (Wildman–Crippen LogP) is 2.81. The first-order valence-electron chi connectivity index (χ1n) is 5.21. The minimum atomic E-state index is -0.217. The lowest BCUT2D eigenvalue weighted by molar-refractivity contribution is 0.490. The average molecular weight is 212 g/mol. The highest BCUT2D eigenvalue weighted by atomic mass is 16.3. The van der Waals surface area contributed by atoms with Crippen LogP contribution in [0.3, 0.4) is 0 Å². The molecule has 0 amide bonds. The summed E-state index contributed by atoms with van der Waals surface area (Å²) in [6.45, 7) is 0. The molecule has 80 valence electrons. The van der Waals surface area contributed by atoms with Crippen LogP contribution in [0.15, 0.2) is 53.3 Å². The number of aromatic nitrogens is 1. The number of H-pyrrole nitrogens is 1. The third-order valence-electron chi connectivity index (χ3n) is 2.81. The van der Waals surface area contributed by atoms with Crippen LogP contribution in [-0.2, 0) is 0 Å². The van der Waals surface area contributed by atoms with Gasteiger partial charge in [-0.3, -0.25) is 0 Å². The SMILES string of the molecule is NC(c1ccco1)c1c[nH]c2ccccc12. The van der Waals surface area contributed by atoms with E-state index >= 15 is 0 Å². The van der Waals surface area contributed by atoms with E-state index in [9.17, 15) is 0 Å².